The number of urea groups is 1. The quantitative estimate of drug-likeness (QED) is 0.853. The number of amides is 2. The predicted molar refractivity (Wildman–Crippen MR) is 73.5 cm³/mol. The summed E-state index contributed by atoms with van der Waals surface area (Å²) in [5, 5.41) is 12.0. The summed E-state index contributed by atoms with van der Waals surface area (Å²) in [6.45, 7) is 0.850. The van der Waals surface area contributed by atoms with E-state index in [2.05, 4.69) is 17.4 Å². The molecule has 20 heavy (non-hydrogen) atoms. The number of rotatable bonds is 2. The van der Waals surface area contributed by atoms with Crippen molar-refractivity contribution in [1.29, 1.82) is 0 Å². The Kier molecular flexibility index (Phi) is 3.34. The second-order valence-electron chi connectivity index (χ2n) is 5.59. The first kappa shape index (κ1) is 13.0. The largest absolute Gasteiger partial charge is 0.481 e. The van der Waals surface area contributed by atoms with Crippen LogP contribution in [0.3, 0.4) is 0 Å². The predicted octanol–water partition coefficient (Wildman–Crippen LogP) is 1.27. The van der Waals surface area contributed by atoms with Gasteiger partial charge in [0.15, 0.2) is 0 Å². The fourth-order valence-corrected chi connectivity index (χ4v) is 3.07. The van der Waals surface area contributed by atoms with Crippen LogP contribution in [0.5, 0.6) is 0 Å². The zero-order valence-electron chi connectivity index (χ0n) is 11.2. The standard InChI is InChI=1S/C15H18N2O3/c18-14(19)12-5-6-17(9-12)15(20)16-13-7-10-3-1-2-4-11(10)8-13/h1-4,12-13H,5-9H2,(H,16,20)(H,18,19). The Labute approximate surface area is 117 Å². The minimum Gasteiger partial charge on any atom is -0.481 e. The van der Waals surface area contributed by atoms with E-state index in [9.17, 15) is 9.59 Å². The molecule has 1 fully saturated rings. The lowest BCUT2D eigenvalue weighted by Gasteiger charge is -2.20. The molecule has 1 unspecified atom stereocenters. The van der Waals surface area contributed by atoms with E-state index in [0.29, 0.717) is 19.5 Å². The maximum Gasteiger partial charge on any atom is 0.317 e. The van der Waals surface area contributed by atoms with Crippen molar-refractivity contribution < 1.29 is 14.7 Å². The molecule has 0 aromatic heterocycles. The van der Waals surface area contributed by atoms with Crippen LogP contribution in [0.4, 0.5) is 4.79 Å². The van der Waals surface area contributed by atoms with Crippen molar-refractivity contribution in [2.45, 2.75) is 25.3 Å². The van der Waals surface area contributed by atoms with Crippen LogP contribution in [0.1, 0.15) is 17.5 Å². The highest BCUT2D eigenvalue weighted by atomic mass is 16.4. The molecular weight excluding hydrogens is 256 g/mol. The zero-order chi connectivity index (χ0) is 14.1. The van der Waals surface area contributed by atoms with Crippen molar-refractivity contribution in [3.63, 3.8) is 0 Å². The second-order valence-corrected chi connectivity index (χ2v) is 5.59. The number of aliphatic carboxylic acids is 1. The highest BCUT2D eigenvalue weighted by Gasteiger charge is 2.32. The number of nitrogens with zero attached hydrogens (tertiary/aromatic N) is 1. The van der Waals surface area contributed by atoms with Gasteiger partial charge in [0.1, 0.15) is 0 Å². The van der Waals surface area contributed by atoms with E-state index < -0.39 is 11.9 Å². The molecule has 0 saturated carbocycles. The maximum absolute atomic E-state index is 12.1. The fraction of sp³-hybridized carbons (Fsp3) is 0.467. The van der Waals surface area contributed by atoms with Crippen molar-refractivity contribution in [3.05, 3.63) is 35.4 Å². The van der Waals surface area contributed by atoms with Crippen LogP contribution in [0.15, 0.2) is 24.3 Å². The molecule has 0 radical (unpaired) electrons. The highest BCUT2D eigenvalue weighted by Crippen LogP contribution is 2.22. The maximum atomic E-state index is 12.1. The molecule has 0 bridgehead atoms. The molecule has 3 rings (SSSR count). The molecule has 2 aliphatic rings. The molecule has 0 spiro atoms. The molecule has 2 N–H and O–H groups in total. The van der Waals surface area contributed by atoms with Gasteiger partial charge in [0.2, 0.25) is 0 Å². The Balaban J connectivity index is 1.55. The number of benzene rings is 1. The van der Waals surface area contributed by atoms with Crippen LogP contribution in [-0.2, 0) is 17.6 Å². The lowest BCUT2D eigenvalue weighted by atomic mass is 10.1. The highest BCUT2D eigenvalue weighted by molar-refractivity contribution is 5.77. The Morgan fingerprint density at radius 3 is 2.40 bits per heavy atom. The Morgan fingerprint density at radius 1 is 1.20 bits per heavy atom. The van der Waals surface area contributed by atoms with E-state index in [1.807, 2.05) is 12.1 Å². The summed E-state index contributed by atoms with van der Waals surface area (Å²) in [5.41, 5.74) is 2.59. The molecule has 1 atom stereocenters. The third-order valence-electron chi connectivity index (χ3n) is 4.20. The second kappa shape index (κ2) is 5.15. The van der Waals surface area contributed by atoms with Crippen LogP contribution < -0.4 is 5.32 Å². The molecule has 1 heterocycles. The first-order valence-electron chi connectivity index (χ1n) is 6.98. The normalized spacial score (nSPS) is 21.8. The minimum absolute atomic E-state index is 0.128. The molecule has 106 valence electrons. The summed E-state index contributed by atoms with van der Waals surface area (Å²) in [5.74, 6) is -1.23. The summed E-state index contributed by atoms with van der Waals surface area (Å²) >= 11 is 0. The third-order valence-corrected chi connectivity index (χ3v) is 4.20. The van der Waals surface area contributed by atoms with Gasteiger partial charge in [-0.25, -0.2) is 4.79 Å². The smallest absolute Gasteiger partial charge is 0.317 e. The number of fused-ring (bicyclic) bond motifs is 1. The molecule has 1 aliphatic heterocycles. The van der Waals surface area contributed by atoms with Crippen LogP contribution in [-0.4, -0.2) is 41.1 Å². The van der Waals surface area contributed by atoms with Gasteiger partial charge in [0.25, 0.3) is 0 Å². The number of carbonyl (C=O) groups excluding carboxylic acids is 1. The summed E-state index contributed by atoms with van der Waals surface area (Å²) in [4.78, 5) is 24.7. The van der Waals surface area contributed by atoms with E-state index >= 15 is 0 Å². The lowest BCUT2D eigenvalue weighted by molar-refractivity contribution is -0.141. The molecule has 1 saturated heterocycles. The minimum atomic E-state index is -0.812. The topological polar surface area (TPSA) is 69.6 Å². The van der Waals surface area contributed by atoms with Crippen LogP contribution >= 0.6 is 0 Å². The molecule has 5 heteroatoms. The van der Waals surface area contributed by atoms with Gasteiger partial charge in [-0.15, -0.1) is 0 Å². The van der Waals surface area contributed by atoms with E-state index in [0.717, 1.165) is 12.8 Å². The average Bonchev–Trinajstić information content (AvgIpc) is 3.04. The Bertz CT molecular complexity index is 519. The number of likely N-dealkylation sites (tertiary alicyclic amines) is 1. The first-order chi connectivity index (χ1) is 9.63. The van der Waals surface area contributed by atoms with Gasteiger partial charge in [0, 0.05) is 19.1 Å². The van der Waals surface area contributed by atoms with Crippen LogP contribution in [0.25, 0.3) is 0 Å². The molecule has 1 aromatic carbocycles. The Hall–Kier alpha value is -2.04. The monoisotopic (exact) mass is 274 g/mol. The van der Waals surface area contributed by atoms with Crippen molar-refractivity contribution in [3.8, 4) is 0 Å². The van der Waals surface area contributed by atoms with Gasteiger partial charge in [-0.3, -0.25) is 4.79 Å². The lowest BCUT2D eigenvalue weighted by Crippen LogP contribution is -2.44. The number of carbonyl (C=O) groups is 2. The van der Waals surface area contributed by atoms with Crippen molar-refractivity contribution in [2.24, 2.45) is 5.92 Å². The molecular formula is C15H18N2O3. The number of hydrogen-bond donors (Lipinski definition) is 2. The van der Waals surface area contributed by atoms with Crippen molar-refractivity contribution >= 4 is 12.0 Å². The number of carboxylic acid groups (broad SMARTS) is 1. The van der Waals surface area contributed by atoms with Gasteiger partial charge >= 0.3 is 12.0 Å². The SMILES string of the molecule is O=C(O)C1CCN(C(=O)NC2Cc3ccccc3C2)C1. The summed E-state index contributed by atoms with van der Waals surface area (Å²) in [7, 11) is 0. The molecule has 1 aromatic rings. The summed E-state index contributed by atoms with van der Waals surface area (Å²) in [6, 6.07) is 8.22. The summed E-state index contributed by atoms with van der Waals surface area (Å²) < 4.78 is 0. The number of carboxylic acids is 1. The van der Waals surface area contributed by atoms with E-state index in [-0.39, 0.29) is 12.1 Å². The third kappa shape index (κ3) is 2.48. The van der Waals surface area contributed by atoms with Crippen molar-refractivity contribution in [2.75, 3.05) is 13.1 Å². The van der Waals surface area contributed by atoms with E-state index in [1.165, 1.54) is 11.1 Å². The van der Waals surface area contributed by atoms with Gasteiger partial charge in [0.05, 0.1) is 5.92 Å². The molecule has 5 nitrogen and oxygen atoms in total. The number of nitrogens with one attached hydrogen (secondary N) is 1. The Morgan fingerprint density at radius 2 is 1.85 bits per heavy atom. The summed E-state index contributed by atoms with van der Waals surface area (Å²) in [6.07, 6.45) is 2.27. The van der Waals surface area contributed by atoms with Gasteiger partial charge < -0.3 is 15.3 Å². The average molecular weight is 274 g/mol. The fourth-order valence-electron chi connectivity index (χ4n) is 3.07. The molecule has 1 aliphatic carbocycles. The van der Waals surface area contributed by atoms with Gasteiger partial charge in [-0.05, 0) is 30.4 Å². The van der Waals surface area contributed by atoms with E-state index in [4.69, 9.17) is 5.11 Å². The van der Waals surface area contributed by atoms with Crippen molar-refractivity contribution in [1.82, 2.24) is 10.2 Å². The first-order valence-corrected chi connectivity index (χ1v) is 6.98. The molecule has 2 amide bonds. The zero-order valence-corrected chi connectivity index (χ0v) is 11.2. The van der Waals surface area contributed by atoms with E-state index in [1.54, 1.807) is 4.90 Å². The van der Waals surface area contributed by atoms with Crippen LogP contribution in [0.2, 0.25) is 0 Å². The van der Waals surface area contributed by atoms with Crippen LogP contribution in [0, 0.1) is 5.92 Å². The van der Waals surface area contributed by atoms with Gasteiger partial charge in [-0.2, -0.15) is 0 Å². The van der Waals surface area contributed by atoms with Gasteiger partial charge in [-0.1, -0.05) is 24.3 Å². The number of hydrogen-bond acceptors (Lipinski definition) is 2.